The maximum Gasteiger partial charge on any atom is 0.126 e. The number of halogens is 1. The highest BCUT2D eigenvalue weighted by molar-refractivity contribution is 9.09. The van der Waals surface area contributed by atoms with Crippen molar-refractivity contribution in [1.82, 2.24) is 0 Å². The summed E-state index contributed by atoms with van der Waals surface area (Å²) in [5.74, 6) is 0. The van der Waals surface area contributed by atoms with Gasteiger partial charge in [-0.05, 0) is 11.1 Å². The number of benzene rings is 2. The van der Waals surface area contributed by atoms with Gasteiger partial charge in [-0.1, -0.05) is 81.7 Å². The minimum Gasteiger partial charge on any atom is -0.395 e. The summed E-state index contributed by atoms with van der Waals surface area (Å²) >= 11 is 3.33. The summed E-state index contributed by atoms with van der Waals surface area (Å²) in [4.78, 5) is 5.31. The first-order valence-corrected chi connectivity index (χ1v) is 7.36. The normalized spacial score (nSPS) is 11.3. The number of nitrogens with zero attached hydrogens (tertiary/aromatic N) is 1. The molecular formula is C16H16BrNO. The zero-order chi connectivity index (χ0) is 13.3. The summed E-state index contributed by atoms with van der Waals surface area (Å²) in [6.45, 7) is 0.575. The fourth-order valence-electron chi connectivity index (χ4n) is 1.76. The highest BCUT2D eigenvalue weighted by Crippen LogP contribution is 2.09. The minimum absolute atomic E-state index is 0.575. The van der Waals surface area contributed by atoms with Crippen molar-refractivity contribution in [3.05, 3.63) is 71.8 Å². The van der Waals surface area contributed by atoms with Gasteiger partial charge >= 0.3 is 0 Å². The minimum atomic E-state index is 0.575. The van der Waals surface area contributed by atoms with E-state index >= 15 is 0 Å². The van der Waals surface area contributed by atoms with Gasteiger partial charge < -0.3 is 4.84 Å². The quantitative estimate of drug-likeness (QED) is 0.341. The van der Waals surface area contributed by atoms with E-state index in [1.165, 1.54) is 5.56 Å². The van der Waals surface area contributed by atoms with Crippen molar-refractivity contribution in [1.29, 1.82) is 0 Å². The van der Waals surface area contributed by atoms with Crippen LogP contribution in [-0.4, -0.2) is 17.6 Å². The van der Waals surface area contributed by atoms with Gasteiger partial charge in [0.05, 0.1) is 5.71 Å². The molecule has 2 aromatic rings. The van der Waals surface area contributed by atoms with Crippen molar-refractivity contribution in [2.24, 2.45) is 5.16 Å². The van der Waals surface area contributed by atoms with E-state index in [9.17, 15) is 0 Å². The van der Waals surface area contributed by atoms with Crippen molar-refractivity contribution in [2.45, 2.75) is 6.42 Å². The van der Waals surface area contributed by atoms with Gasteiger partial charge in [0.1, 0.15) is 6.61 Å². The molecule has 0 aliphatic carbocycles. The molecule has 0 radical (unpaired) electrons. The highest BCUT2D eigenvalue weighted by Gasteiger charge is 2.05. The Labute approximate surface area is 122 Å². The molecule has 0 bridgehead atoms. The van der Waals surface area contributed by atoms with Crippen LogP contribution in [0.3, 0.4) is 0 Å². The molecule has 0 atom stereocenters. The molecule has 0 aliphatic heterocycles. The molecule has 0 heterocycles. The van der Waals surface area contributed by atoms with Crippen molar-refractivity contribution in [3.8, 4) is 0 Å². The van der Waals surface area contributed by atoms with Gasteiger partial charge in [0.2, 0.25) is 0 Å². The lowest BCUT2D eigenvalue weighted by Crippen LogP contribution is -2.07. The summed E-state index contributed by atoms with van der Waals surface area (Å²) in [5, 5.41) is 5.05. The van der Waals surface area contributed by atoms with Crippen molar-refractivity contribution < 1.29 is 4.84 Å². The van der Waals surface area contributed by atoms with E-state index in [0.29, 0.717) is 6.61 Å². The van der Waals surface area contributed by atoms with Gasteiger partial charge in [0, 0.05) is 11.8 Å². The summed E-state index contributed by atoms with van der Waals surface area (Å²) in [7, 11) is 0. The zero-order valence-corrected chi connectivity index (χ0v) is 12.2. The molecule has 98 valence electrons. The third-order valence-electron chi connectivity index (χ3n) is 2.66. The summed E-state index contributed by atoms with van der Waals surface area (Å²) in [5.41, 5.74) is 3.28. The Morgan fingerprint density at radius 3 is 2.21 bits per heavy atom. The van der Waals surface area contributed by atoms with E-state index in [1.54, 1.807) is 0 Å². The summed E-state index contributed by atoms with van der Waals surface area (Å²) in [6, 6.07) is 20.4. The smallest absolute Gasteiger partial charge is 0.126 e. The molecule has 0 N–H and O–H groups in total. The van der Waals surface area contributed by atoms with Crippen LogP contribution < -0.4 is 0 Å². The standard InChI is InChI=1S/C16H16BrNO/c17-11-12-19-18-16(15-9-5-2-6-10-15)13-14-7-3-1-4-8-14/h1-10H,11-13H2. The van der Waals surface area contributed by atoms with Gasteiger partial charge in [-0.2, -0.15) is 0 Å². The molecule has 0 aromatic heterocycles. The average molecular weight is 318 g/mol. The molecule has 0 saturated carbocycles. The predicted molar refractivity (Wildman–Crippen MR) is 82.9 cm³/mol. The largest absolute Gasteiger partial charge is 0.395 e. The number of hydrogen-bond donors (Lipinski definition) is 0. The zero-order valence-electron chi connectivity index (χ0n) is 10.6. The van der Waals surface area contributed by atoms with Crippen LogP contribution in [0.1, 0.15) is 11.1 Å². The Bertz CT molecular complexity index is 511. The molecule has 0 amide bonds. The number of rotatable bonds is 6. The van der Waals surface area contributed by atoms with Gasteiger partial charge in [-0.15, -0.1) is 0 Å². The number of hydrogen-bond acceptors (Lipinski definition) is 2. The predicted octanol–water partition coefficient (Wildman–Crippen LogP) is 4.04. The van der Waals surface area contributed by atoms with Gasteiger partial charge in [0.25, 0.3) is 0 Å². The molecule has 0 spiro atoms. The molecule has 2 rings (SSSR count). The highest BCUT2D eigenvalue weighted by atomic mass is 79.9. The fourth-order valence-corrected chi connectivity index (χ4v) is 1.91. The SMILES string of the molecule is BrCCON=C(Cc1ccccc1)c1ccccc1. The van der Waals surface area contributed by atoms with Crippen LogP contribution >= 0.6 is 15.9 Å². The lowest BCUT2D eigenvalue weighted by molar-refractivity contribution is 0.162. The van der Waals surface area contributed by atoms with E-state index in [-0.39, 0.29) is 0 Å². The molecular weight excluding hydrogens is 302 g/mol. The van der Waals surface area contributed by atoms with Gasteiger partial charge in [0.15, 0.2) is 0 Å². The van der Waals surface area contributed by atoms with Crippen LogP contribution in [0, 0.1) is 0 Å². The van der Waals surface area contributed by atoms with Crippen LogP contribution in [0.5, 0.6) is 0 Å². The Kier molecular flexibility index (Phi) is 5.63. The van der Waals surface area contributed by atoms with Crippen LogP contribution in [0.4, 0.5) is 0 Å². The fraction of sp³-hybridized carbons (Fsp3) is 0.188. The summed E-state index contributed by atoms with van der Waals surface area (Å²) in [6.07, 6.45) is 0.771. The van der Waals surface area contributed by atoms with Crippen molar-refractivity contribution >= 4 is 21.6 Å². The molecule has 19 heavy (non-hydrogen) atoms. The van der Waals surface area contributed by atoms with Crippen LogP contribution in [0.2, 0.25) is 0 Å². The average Bonchev–Trinajstić information content (AvgIpc) is 2.48. The monoisotopic (exact) mass is 317 g/mol. The topological polar surface area (TPSA) is 21.6 Å². The second kappa shape index (κ2) is 7.74. The van der Waals surface area contributed by atoms with Crippen LogP contribution in [0.25, 0.3) is 0 Å². The second-order valence-electron chi connectivity index (χ2n) is 4.09. The Hall–Kier alpha value is -1.61. The Morgan fingerprint density at radius 2 is 1.58 bits per heavy atom. The molecule has 2 nitrogen and oxygen atoms in total. The van der Waals surface area contributed by atoms with E-state index < -0.39 is 0 Å². The van der Waals surface area contributed by atoms with E-state index in [4.69, 9.17) is 4.84 Å². The van der Waals surface area contributed by atoms with Gasteiger partial charge in [-0.3, -0.25) is 0 Å². The molecule has 0 aliphatic rings. The maximum absolute atomic E-state index is 5.31. The molecule has 2 aromatic carbocycles. The van der Waals surface area contributed by atoms with Crippen LogP contribution in [0.15, 0.2) is 65.8 Å². The summed E-state index contributed by atoms with van der Waals surface area (Å²) < 4.78 is 0. The number of oxime groups is 1. The lowest BCUT2D eigenvalue weighted by atomic mass is 10.0. The molecule has 3 heteroatoms. The third kappa shape index (κ3) is 4.52. The number of alkyl halides is 1. The van der Waals surface area contributed by atoms with Crippen molar-refractivity contribution in [3.63, 3.8) is 0 Å². The van der Waals surface area contributed by atoms with Gasteiger partial charge in [-0.25, -0.2) is 0 Å². The van der Waals surface area contributed by atoms with E-state index in [0.717, 1.165) is 23.0 Å². The first-order valence-electron chi connectivity index (χ1n) is 6.24. The van der Waals surface area contributed by atoms with Crippen molar-refractivity contribution in [2.75, 3.05) is 11.9 Å². The third-order valence-corrected chi connectivity index (χ3v) is 2.99. The molecule has 0 fully saturated rings. The second-order valence-corrected chi connectivity index (χ2v) is 4.88. The maximum atomic E-state index is 5.31. The molecule has 0 unspecified atom stereocenters. The van der Waals surface area contributed by atoms with E-state index in [2.05, 4.69) is 45.4 Å². The first-order chi connectivity index (χ1) is 9.40. The van der Waals surface area contributed by atoms with Crippen LogP contribution in [-0.2, 0) is 11.3 Å². The molecule has 0 saturated heterocycles. The Morgan fingerprint density at radius 1 is 0.947 bits per heavy atom. The Balaban J connectivity index is 2.17. The lowest BCUT2D eigenvalue weighted by Gasteiger charge is -2.07. The first kappa shape index (κ1) is 13.8. The van der Waals surface area contributed by atoms with E-state index in [1.807, 2.05) is 36.4 Å².